The van der Waals surface area contributed by atoms with Gasteiger partial charge >= 0.3 is 6.18 Å². The number of hydrogen-bond donors (Lipinski definition) is 2. The fourth-order valence-corrected chi connectivity index (χ4v) is 3.35. The van der Waals surface area contributed by atoms with E-state index < -0.39 is 18.1 Å². The first-order chi connectivity index (χ1) is 12.9. The van der Waals surface area contributed by atoms with Crippen LogP contribution in [0, 0.1) is 0 Å². The number of hydrogen-bond acceptors (Lipinski definition) is 6. The van der Waals surface area contributed by atoms with Gasteiger partial charge in [-0.1, -0.05) is 6.07 Å². The van der Waals surface area contributed by atoms with E-state index in [9.17, 15) is 18.0 Å². The van der Waals surface area contributed by atoms with E-state index in [1.54, 1.807) is 30.6 Å². The summed E-state index contributed by atoms with van der Waals surface area (Å²) in [6, 6.07) is 3.57. The zero-order valence-electron chi connectivity index (χ0n) is 14.2. The molecule has 1 saturated heterocycles. The second-order valence-corrected chi connectivity index (χ2v) is 6.35. The lowest BCUT2D eigenvalue weighted by molar-refractivity contribution is -0.166. The molecule has 2 N–H and O–H groups in total. The first-order valence-corrected chi connectivity index (χ1v) is 8.52. The number of likely N-dealkylation sites (tertiary alicyclic amines) is 1. The Hall–Kier alpha value is -2.88. The number of aromatic nitrogens is 1. The number of anilines is 1. The second-order valence-electron chi connectivity index (χ2n) is 6.35. The summed E-state index contributed by atoms with van der Waals surface area (Å²) in [5.41, 5.74) is 3.31. The maximum Gasteiger partial charge on any atom is 0.408 e. The summed E-state index contributed by atoms with van der Waals surface area (Å²) in [5.74, 6) is 0.508. The molecule has 1 aromatic rings. The zero-order valence-corrected chi connectivity index (χ0v) is 14.2. The highest BCUT2D eigenvalue weighted by Crippen LogP contribution is 2.34. The number of hydrazine groups is 1. The predicted octanol–water partition coefficient (Wildman–Crippen LogP) is 2.00. The Balaban J connectivity index is 1.60. The van der Waals surface area contributed by atoms with E-state index in [1.165, 1.54) is 16.0 Å². The van der Waals surface area contributed by atoms with Crippen molar-refractivity contribution in [3.8, 4) is 0 Å². The Morgan fingerprint density at radius 1 is 1.33 bits per heavy atom. The number of fused-ring (bicyclic) bond motifs is 1. The van der Waals surface area contributed by atoms with Crippen molar-refractivity contribution >= 4 is 17.6 Å². The van der Waals surface area contributed by atoms with Gasteiger partial charge in [0.15, 0.2) is 5.82 Å². The summed E-state index contributed by atoms with van der Waals surface area (Å²) in [6.45, 7) is 0.501. The maximum atomic E-state index is 13.3. The Morgan fingerprint density at radius 2 is 2.19 bits per heavy atom. The van der Waals surface area contributed by atoms with Crippen molar-refractivity contribution in [2.24, 2.45) is 4.99 Å². The number of nitrogens with one attached hydrogen (secondary N) is 2. The molecule has 1 unspecified atom stereocenters. The smallest absolute Gasteiger partial charge is 0.344 e. The van der Waals surface area contributed by atoms with Crippen LogP contribution < -0.4 is 10.7 Å². The summed E-state index contributed by atoms with van der Waals surface area (Å²) in [6.07, 6.45) is 0.850. The first kappa shape index (κ1) is 17.5. The van der Waals surface area contributed by atoms with Gasteiger partial charge < -0.3 is 10.2 Å². The largest absolute Gasteiger partial charge is 0.408 e. The van der Waals surface area contributed by atoms with Gasteiger partial charge in [0.05, 0.1) is 5.57 Å². The fraction of sp³-hybridized carbons (Fsp3) is 0.353. The molecule has 0 radical (unpaired) electrons. The van der Waals surface area contributed by atoms with E-state index in [0.717, 1.165) is 0 Å². The minimum absolute atomic E-state index is 0.0460. The molecule has 1 amide bonds. The Kier molecular flexibility index (Phi) is 4.34. The van der Waals surface area contributed by atoms with Gasteiger partial charge in [-0.3, -0.25) is 9.80 Å². The molecule has 7 nitrogen and oxygen atoms in total. The summed E-state index contributed by atoms with van der Waals surface area (Å²) in [5, 5.41) is 4.21. The maximum absolute atomic E-state index is 13.3. The fourth-order valence-electron chi connectivity index (χ4n) is 3.35. The number of carbonyl (C=O) groups excluding carboxylic acids is 1. The van der Waals surface area contributed by atoms with Gasteiger partial charge in [-0.2, -0.15) is 13.2 Å². The highest BCUT2D eigenvalue weighted by atomic mass is 19.4. The normalized spacial score (nSPS) is 22.2. The molecule has 142 valence electrons. The molecule has 1 atom stereocenters. The number of alkyl halides is 3. The molecule has 0 aliphatic carbocycles. The van der Waals surface area contributed by atoms with Crippen molar-refractivity contribution in [2.75, 3.05) is 18.4 Å². The van der Waals surface area contributed by atoms with E-state index in [0.29, 0.717) is 23.6 Å². The van der Waals surface area contributed by atoms with E-state index in [-0.39, 0.29) is 25.3 Å². The lowest BCUT2D eigenvalue weighted by atomic mass is 10.2. The monoisotopic (exact) mass is 378 g/mol. The topological polar surface area (TPSA) is 72.9 Å². The summed E-state index contributed by atoms with van der Waals surface area (Å²) in [4.78, 5) is 22.2. The molecule has 4 heterocycles. The van der Waals surface area contributed by atoms with Crippen molar-refractivity contribution < 1.29 is 18.0 Å². The van der Waals surface area contributed by atoms with Gasteiger partial charge in [0.1, 0.15) is 17.7 Å². The summed E-state index contributed by atoms with van der Waals surface area (Å²) in [7, 11) is 0. The van der Waals surface area contributed by atoms with E-state index >= 15 is 0 Å². The SMILES string of the molecule is O=C(Nc1ccccn1)C1=C2N=C(N3CCCC3C(F)(F)F)C=CN2NC1. The highest BCUT2D eigenvalue weighted by molar-refractivity contribution is 6.05. The van der Waals surface area contributed by atoms with Gasteiger partial charge in [-0.25, -0.2) is 15.4 Å². The van der Waals surface area contributed by atoms with E-state index in [1.807, 2.05) is 0 Å². The van der Waals surface area contributed by atoms with Gasteiger partial charge in [-0.15, -0.1) is 0 Å². The molecule has 10 heteroatoms. The van der Waals surface area contributed by atoms with Crippen LogP contribution in [-0.4, -0.2) is 51.9 Å². The third kappa shape index (κ3) is 3.39. The molecular formula is C17H17F3N6O. The molecule has 1 fully saturated rings. The average Bonchev–Trinajstić information content (AvgIpc) is 3.29. The third-order valence-corrected chi connectivity index (χ3v) is 4.62. The highest BCUT2D eigenvalue weighted by Gasteiger charge is 2.47. The molecule has 0 aromatic carbocycles. The van der Waals surface area contributed by atoms with Crippen molar-refractivity contribution in [1.29, 1.82) is 0 Å². The minimum Gasteiger partial charge on any atom is -0.344 e. The molecule has 4 rings (SSSR count). The second kappa shape index (κ2) is 6.69. The number of halogens is 3. The van der Waals surface area contributed by atoms with Crippen LogP contribution in [0.2, 0.25) is 0 Å². The number of amidine groups is 1. The Labute approximate surface area is 153 Å². The molecule has 1 aromatic heterocycles. The zero-order chi connectivity index (χ0) is 19.0. The molecule has 27 heavy (non-hydrogen) atoms. The number of carbonyl (C=O) groups is 1. The lowest BCUT2D eigenvalue weighted by Gasteiger charge is -2.30. The van der Waals surface area contributed by atoms with Crippen LogP contribution in [-0.2, 0) is 4.79 Å². The molecule has 3 aliphatic rings. The average molecular weight is 378 g/mol. The Morgan fingerprint density at radius 3 is 2.93 bits per heavy atom. The molecule has 3 aliphatic heterocycles. The van der Waals surface area contributed by atoms with Crippen molar-refractivity contribution in [1.82, 2.24) is 20.3 Å². The van der Waals surface area contributed by atoms with Gasteiger partial charge in [0.25, 0.3) is 5.91 Å². The lowest BCUT2D eigenvalue weighted by Crippen LogP contribution is -2.45. The third-order valence-electron chi connectivity index (χ3n) is 4.62. The standard InChI is InChI=1S/C17H17F3N6O/c18-17(19,20)12-4-3-8-25(12)14-6-9-26-15(24-14)11(10-22-26)16(27)23-13-5-1-2-7-21-13/h1-2,5-7,9,12,22H,3-4,8,10H2,(H,21,23,27). The number of aliphatic imine (C=N–C) groups is 1. The molecule has 0 spiro atoms. The van der Waals surface area contributed by atoms with Crippen LogP contribution >= 0.6 is 0 Å². The summed E-state index contributed by atoms with van der Waals surface area (Å²) >= 11 is 0. The molecule has 0 bridgehead atoms. The number of nitrogens with zero attached hydrogens (tertiary/aromatic N) is 4. The number of amides is 1. The first-order valence-electron chi connectivity index (χ1n) is 8.52. The van der Waals surface area contributed by atoms with E-state index in [4.69, 9.17) is 0 Å². The van der Waals surface area contributed by atoms with Gasteiger partial charge in [0.2, 0.25) is 0 Å². The van der Waals surface area contributed by atoms with Crippen LogP contribution in [0.25, 0.3) is 0 Å². The number of rotatable bonds is 2. The van der Waals surface area contributed by atoms with Gasteiger partial charge in [0, 0.05) is 25.5 Å². The van der Waals surface area contributed by atoms with Crippen LogP contribution in [0.15, 0.2) is 53.1 Å². The van der Waals surface area contributed by atoms with Crippen LogP contribution in [0.4, 0.5) is 19.0 Å². The molecular weight excluding hydrogens is 361 g/mol. The van der Waals surface area contributed by atoms with E-state index in [2.05, 4.69) is 20.7 Å². The van der Waals surface area contributed by atoms with Crippen LogP contribution in [0.5, 0.6) is 0 Å². The van der Waals surface area contributed by atoms with Crippen molar-refractivity contribution in [2.45, 2.75) is 25.1 Å². The van der Waals surface area contributed by atoms with Crippen LogP contribution in [0.1, 0.15) is 12.8 Å². The van der Waals surface area contributed by atoms with Crippen LogP contribution in [0.3, 0.4) is 0 Å². The Bertz CT molecular complexity index is 833. The quantitative estimate of drug-likeness (QED) is 0.824. The molecule has 0 saturated carbocycles. The van der Waals surface area contributed by atoms with Gasteiger partial charge in [-0.05, 0) is 31.1 Å². The minimum atomic E-state index is -4.31. The van der Waals surface area contributed by atoms with Crippen molar-refractivity contribution in [3.63, 3.8) is 0 Å². The van der Waals surface area contributed by atoms with Crippen molar-refractivity contribution in [3.05, 3.63) is 48.1 Å². The number of pyridine rings is 1. The predicted molar refractivity (Wildman–Crippen MR) is 92.1 cm³/mol. The summed E-state index contributed by atoms with van der Waals surface area (Å²) < 4.78 is 39.8.